The smallest absolute Gasteiger partial charge is 0.258 e. The maximum absolute atomic E-state index is 13.4. The SMILES string of the molecule is CCN(CC)CCCNC(=O)c1cc(NC(=O)c2ccc(N=NC(C(C)=O)C(=O)Nc3ccc4c(c3)NC(=O)C4)cc2)cc(C(=O)NCCCN(CC)CC)c1. The molecule has 3 aromatic rings. The lowest BCUT2D eigenvalue weighted by Crippen LogP contribution is -2.31. The number of ketones is 1. The second kappa shape index (κ2) is 21.3. The van der Waals surface area contributed by atoms with Gasteiger partial charge in [-0.25, -0.2) is 0 Å². The van der Waals surface area contributed by atoms with Gasteiger partial charge >= 0.3 is 0 Å². The highest BCUT2D eigenvalue weighted by Gasteiger charge is 2.25. The molecule has 1 atom stereocenters. The fourth-order valence-corrected chi connectivity index (χ4v) is 6.08. The Morgan fingerprint density at radius 3 is 1.80 bits per heavy atom. The van der Waals surface area contributed by atoms with Crippen LogP contribution in [0.25, 0.3) is 0 Å². The van der Waals surface area contributed by atoms with Gasteiger partial charge in [-0.15, -0.1) is 0 Å². The van der Waals surface area contributed by atoms with E-state index < -0.39 is 23.6 Å². The molecule has 3 aromatic carbocycles. The van der Waals surface area contributed by atoms with Crippen molar-refractivity contribution in [3.63, 3.8) is 0 Å². The maximum Gasteiger partial charge on any atom is 0.258 e. The van der Waals surface area contributed by atoms with Crippen LogP contribution in [0.4, 0.5) is 22.7 Å². The van der Waals surface area contributed by atoms with Crippen LogP contribution in [0.1, 0.15) is 84.1 Å². The number of hydrogen-bond acceptors (Lipinski definition) is 10. The lowest BCUT2D eigenvalue weighted by molar-refractivity contribution is -0.126. The van der Waals surface area contributed by atoms with E-state index in [1.165, 1.54) is 49.4 Å². The highest BCUT2D eigenvalue weighted by atomic mass is 16.2. The molecule has 15 nitrogen and oxygen atoms in total. The van der Waals surface area contributed by atoms with Crippen LogP contribution in [-0.2, 0) is 20.8 Å². The zero-order valence-corrected chi connectivity index (χ0v) is 32.9. The van der Waals surface area contributed by atoms with Crippen LogP contribution in [0.5, 0.6) is 0 Å². The first-order chi connectivity index (χ1) is 26.9. The van der Waals surface area contributed by atoms with E-state index in [-0.39, 0.29) is 46.5 Å². The van der Waals surface area contributed by atoms with Crippen molar-refractivity contribution in [1.29, 1.82) is 0 Å². The zero-order valence-electron chi connectivity index (χ0n) is 32.9. The molecule has 56 heavy (non-hydrogen) atoms. The normalized spacial score (nSPS) is 12.7. The molecule has 1 unspecified atom stereocenters. The molecular weight excluding hydrogens is 715 g/mol. The molecule has 5 N–H and O–H groups in total. The molecule has 0 aromatic heterocycles. The Hall–Kier alpha value is -5.80. The van der Waals surface area contributed by atoms with Gasteiger partial charge < -0.3 is 36.4 Å². The van der Waals surface area contributed by atoms with Gasteiger partial charge in [0.2, 0.25) is 11.9 Å². The molecule has 0 aliphatic carbocycles. The van der Waals surface area contributed by atoms with Crippen molar-refractivity contribution in [3.05, 3.63) is 82.9 Å². The Labute approximate surface area is 328 Å². The van der Waals surface area contributed by atoms with Crippen molar-refractivity contribution in [2.45, 2.75) is 59.9 Å². The number of amides is 5. The first-order valence-electron chi connectivity index (χ1n) is 19.2. The fourth-order valence-electron chi connectivity index (χ4n) is 6.08. The monoisotopic (exact) mass is 767 g/mol. The number of carbonyl (C=O) groups is 6. The van der Waals surface area contributed by atoms with Gasteiger partial charge in [0.05, 0.1) is 12.1 Å². The van der Waals surface area contributed by atoms with Crippen molar-refractivity contribution < 1.29 is 28.8 Å². The Bertz CT molecular complexity index is 1860. The molecule has 1 heterocycles. The maximum atomic E-state index is 13.4. The molecule has 4 rings (SSSR count). The number of azo groups is 1. The summed E-state index contributed by atoms with van der Waals surface area (Å²) < 4.78 is 0. The van der Waals surface area contributed by atoms with Gasteiger partial charge in [-0.05, 0) is 119 Å². The fraction of sp³-hybridized carbons (Fsp3) is 0.415. The number of nitrogens with zero attached hydrogens (tertiary/aromatic N) is 4. The molecule has 5 amide bonds. The lowest BCUT2D eigenvalue weighted by atomic mass is 10.1. The topological polar surface area (TPSA) is 194 Å². The number of fused-ring (bicyclic) bond motifs is 1. The predicted octanol–water partition coefficient (Wildman–Crippen LogP) is 5.04. The molecule has 298 valence electrons. The Morgan fingerprint density at radius 1 is 0.696 bits per heavy atom. The summed E-state index contributed by atoms with van der Waals surface area (Å²) in [5.74, 6) is -2.57. The van der Waals surface area contributed by atoms with Crippen molar-refractivity contribution in [3.8, 4) is 0 Å². The Morgan fingerprint density at radius 2 is 1.27 bits per heavy atom. The first kappa shape index (κ1) is 42.9. The Balaban J connectivity index is 1.43. The van der Waals surface area contributed by atoms with Gasteiger partial charge in [0.1, 0.15) is 0 Å². The predicted molar refractivity (Wildman–Crippen MR) is 217 cm³/mol. The van der Waals surface area contributed by atoms with Crippen molar-refractivity contribution >= 4 is 58.1 Å². The summed E-state index contributed by atoms with van der Waals surface area (Å²) in [6, 6.07) is 14.2. The van der Waals surface area contributed by atoms with E-state index >= 15 is 0 Å². The Kier molecular flexibility index (Phi) is 16.4. The number of hydrogen-bond donors (Lipinski definition) is 5. The third-order valence-corrected chi connectivity index (χ3v) is 9.43. The van der Waals surface area contributed by atoms with E-state index in [1.54, 1.807) is 18.2 Å². The summed E-state index contributed by atoms with van der Waals surface area (Å²) in [5, 5.41) is 22.0. The van der Waals surface area contributed by atoms with E-state index in [1.807, 2.05) is 0 Å². The van der Waals surface area contributed by atoms with Crippen LogP contribution in [0.15, 0.2) is 70.9 Å². The van der Waals surface area contributed by atoms with Crippen LogP contribution < -0.4 is 26.6 Å². The summed E-state index contributed by atoms with van der Waals surface area (Å²) in [6.07, 6.45) is 1.79. The van der Waals surface area contributed by atoms with Gasteiger partial charge in [0.15, 0.2) is 5.78 Å². The van der Waals surface area contributed by atoms with Crippen LogP contribution in [0.3, 0.4) is 0 Å². The minimum Gasteiger partial charge on any atom is -0.352 e. The summed E-state index contributed by atoms with van der Waals surface area (Å²) >= 11 is 0. The standard InChI is InChI=1S/C41H53N9O6/c1-6-49(7-2)20-10-18-42-38(53)30-22-31(39(54)43-19-11-21-50(8-3)9-4)24-34(23-30)45-40(55)28-12-15-32(16-13-28)47-48-37(27(5)51)41(56)44-33-17-14-29-25-36(52)46-35(29)26-33/h12-17,22-24,26,37H,6-11,18-21,25H2,1-5H3,(H,42,53)(H,43,54)(H,44,56)(H,45,55)(H,46,52). The van der Waals surface area contributed by atoms with E-state index in [2.05, 4.69) is 74.3 Å². The quantitative estimate of drug-likeness (QED) is 0.0566. The first-order valence-corrected chi connectivity index (χ1v) is 19.2. The molecule has 0 radical (unpaired) electrons. The van der Waals surface area contributed by atoms with Crippen LogP contribution in [0.2, 0.25) is 0 Å². The number of nitrogens with one attached hydrogen (secondary N) is 5. The van der Waals surface area contributed by atoms with E-state index in [4.69, 9.17) is 0 Å². The van der Waals surface area contributed by atoms with E-state index in [0.29, 0.717) is 30.2 Å². The molecular formula is C41H53N9O6. The molecule has 1 aliphatic rings. The van der Waals surface area contributed by atoms with Crippen molar-refractivity contribution in [2.75, 3.05) is 68.3 Å². The molecule has 0 saturated carbocycles. The number of rotatable bonds is 21. The van der Waals surface area contributed by atoms with Crippen molar-refractivity contribution in [2.24, 2.45) is 10.2 Å². The third kappa shape index (κ3) is 12.6. The summed E-state index contributed by atoms with van der Waals surface area (Å²) in [7, 11) is 0. The zero-order chi connectivity index (χ0) is 40.6. The van der Waals surface area contributed by atoms with Gasteiger partial charge in [-0.3, -0.25) is 28.8 Å². The van der Waals surface area contributed by atoms with Gasteiger partial charge in [-0.2, -0.15) is 10.2 Å². The van der Waals surface area contributed by atoms with Crippen LogP contribution >= 0.6 is 0 Å². The van der Waals surface area contributed by atoms with E-state index in [0.717, 1.165) is 57.7 Å². The molecule has 0 spiro atoms. The molecule has 0 fully saturated rings. The van der Waals surface area contributed by atoms with Gasteiger partial charge in [0.25, 0.3) is 23.6 Å². The summed E-state index contributed by atoms with van der Waals surface area (Å²) in [5.41, 5.74) is 3.08. The number of benzene rings is 3. The largest absolute Gasteiger partial charge is 0.352 e. The summed E-state index contributed by atoms with van der Waals surface area (Å²) in [4.78, 5) is 81.3. The third-order valence-electron chi connectivity index (χ3n) is 9.43. The lowest BCUT2D eigenvalue weighted by Gasteiger charge is -2.18. The molecule has 1 aliphatic heterocycles. The minimum absolute atomic E-state index is 0.140. The average Bonchev–Trinajstić information content (AvgIpc) is 3.57. The van der Waals surface area contributed by atoms with Crippen LogP contribution in [-0.4, -0.2) is 104 Å². The highest BCUT2D eigenvalue weighted by Crippen LogP contribution is 2.27. The number of Topliss-reactive ketones (excluding diaryl/α,β-unsaturated/α-hetero) is 1. The second-order valence-corrected chi connectivity index (χ2v) is 13.4. The van der Waals surface area contributed by atoms with E-state index in [9.17, 15) is 28.8 Å². The number of carbonyl (C=O) groups excluding carboxylic acids is 6. The number of anilines is 3. The van der Waals surface area contributed by atoms with Gasteiger partial charge in [0, 0.05) is 46.8 Å². The minimum atomic E-state index is -1.43. The molecule has 0 saturated heterocycles. The second-order valence-electron chi connectivity index (χ2n) is 13.4. The molecule has 15 heteroatoms. The van der Waals surface area contributed by atoms with Gasteiger partial charge in [-0.1, -0.05) is 33.8 Å². The summed E-state index contributed by atoms with van der Waals surface area (Å²) in [6.45, 7) is 15.9. The van der Waals surface area contributed by atoms with Crippen molar-refractivity contribution in [1.82, 2.24) is 20.4 Å². The average molecular weight is 768 g/mol. The molecule has 0 bridgehead atoms. The van der Waals surface area contributed by atoms with Crippen LogP contribution in [0, 0.1) is 0 Å². The highest BCUT2D eigenvalue weighted by molar-refractivity contribution is 6.11.